The van der Waals surface area contributed by atoms with Crippen LogP contribution < -0.4 is 0 Å². The van der Waals surface area contributed by atoms with Gasteiger partial charge in [0.25, 0.3) is 0 Å². The first kappa shape index (κ1) is 12.6. The molecule has 78 valence electrons. The summed E-state index contributed by atoms with van der Waals surface area (Å²) in [5.74, 6) is 0.813. The van der Waals surface area contributed by atoms with E-state index in [1.54, 1.807) is 14.0 Å². The number of nitrogens with zero attached hydrogens (tertiary/aromatic N) is 1. The predicted molar refractivity (Wildman–Crippen MR) is 53.8 cm³/mol. The van der Waals surface area contributed by atoms with E-state index in [1.165, 1.54) is 0 Å². The van der Waals surface area contributed by atoms with E-state index in [-0.39, 0.29) is 5.78 Å². The number of ether oxygens (including phenoxy) is 1. The van der Waals surface area contributed by atoms with Gasteiger partial charge in [-0.1, -0.05) is 13.8 Å². The third-order valence-electron chi connectivity index (χ3n) is 1.68. The smallest absolute Gasteiger partial charge is 0.143 e. The Kier molecular flexibility index (Phi) is 6.82. The fourth-order valence-corrected chi connectivity index (χ4v) is 1.29. The number of hydrogen-bond acceptors (Lipinski definition) is 3. The van der Waals surface area contributed by atoms with Crippen molar-refractivity contribution in [3.05, 3.63) is 0 Å². The molecule has 0 aliphatic carbocycles. The zero-order valence-corrected chi connectivity index (χ0v) is 9.17. The number of hydrogen-bond donors (Lipinski definition) is 0. The van der Waals surface area contributed by atoms with Crippen LogP contribution in [0.2, 0.25) is 0 Å². The molecule has 0 aromatic carbocycles. The fourth-order valence-electron chi connectivity index (χ4n) is 1.29. The standard InChI is InChI=1S/C10H21NO2/c1-9(2)7-11(5-6-13-4)8-10(3)12/h9H,5-8H2,1-4H3. The highest BCUT2D eigenvalue weighted by molar-refractivity contribution is 5.77. The van der Waals surface area contributed by atoms with E-state index in [0.717, 1.165) is 13.1 Å². The Morgan fingerprint density at radius 3 is 2.46 bits per heavy atom. The minimum absolute atomic E-state index is 0.219. The third-order valence-corrected chi connectivity index (χ3v) is 1.68. The van der Waals surface area contributed by atoms with E-state index >= 15 is 0 Å². The van der Waals surface area contributed by atoms with Crippen LogP contribution in [-0.4, -0.2) is 44.0 Å². The summed E-state index contributed by atoms with van der Waals surface area (Å²) in [5, 5.41) is 0. The number of ketones is 1. The van der Waals surface area contributed by atoms with Crippen molar-refractivity contribution >= 4 is 5.78 Å². The lowest BCUT2D eigenvalue weighted by atomic mass is 10.2. The van der Waals surface area contributed by atoms with Gasteiger partial charge in [-0.2, -0.15) is 0 Å². The number of carbonyl (C=O) groups excluding carboxylic acids is 1. The Bertz CT molecular complexity index is 146. The van der Waals surface area contributed by atoms with Gasteiger partial charge in [0.2, 0.25) is 0 Å². The van der Waals surface area contributed by atoms with Crippen molar-refractivity contribution in [2.75, 3.05) is 33.4 Å². The molecule has 0 amide bonds. The Hall–Kier alpha value is -0.410. The maximum atomic E-state index is 10.9. The van der Waals surface area contributed by atoms with Gasteiger partial charge in [0.05, 0.1) is 13.2 Å². The molecule has 3 heteroatoms. The number of carbonyl (C=O) groups is 1. The van der Waals surface area contributed by atoms with Crippen LogP contribution in [0.15, 0.2) is 0 Å². The third kappa shape index (κ3) is 7.94. The van der Waals surface area contributed by atoms with Gasteiger partial charge in [-0.3, -0.25) is 9.69 Å². The molecule has 0 N–H and O–H groups in total. The molecule has 3 nitrogen and oxygen atoms in total. The van der Waals surface area contributed by atoms with Gasteiger partial charge in [0.1, 0.15) is 5.78 Å². The van der Waals surface area contributed by atoms with Gasteiger partial charge >= 0.3 is 0 Å². The zero-order valence-electron chi connectivity index (χ0n) is 9.17. The summed E-state index contributed by atoms with van der Waals surface area (Å²) < 4.78 is 4.98. The molecular weight excluding hydrogens is 166 g/mol. The van der Waals surface area contributed by atoms with Crippen LogP contribution in [-0.2, 0) is 9.53 Å². The lowest BCUT2D eigenvalue weighted by Crippen LogP contribution is -2.34. The summed E-state index contributed by atoms with van der Waals surface area (Å²) in [6, 6.07) is 0. The van der Waals surface area contributed by atoms with Crippen LogP contribution >= 0.6 is 0 Å². The number of rotatable bonds is 7. The highest BCUT2D eigenvalue weighted by Crippen LogP contribution is 1.98. The van der Waals surface area contributed by atoms with E-state index in [9.17, 15) is 4.79 Å². The summed E-state index contributed by atoms with van der Waals surface area (Å²) in [5.41, 5.74) is 0. The molecular formula is C10H21NO2. The maximum absolute atomic E-state index is 10.9. The second kappa shape index (κ2) is 7.04. The summed E-state index contributed by atoms with van der Waals surface area (Å²) in [4.78, 5) is 13.1. The predicted octanol–water partition coefficient (Wildman–Crippen LogP) is 1.18. The summed E-state index contributed by atoms with van der Waals surface area (Å²) in [7, 11) is 1.68. The number of Topliss-reactive ketones (excluding diaryl/α,β-unsaturated/α-hetero) is 1. The summed E-state index contributed by atoms with van der Waals surface area (Å²) >= 11 is 0. The molecule has 0 rings (SSSR count). The maximum Gasteiger partial charge on any atom is 0.143 e. The molecule has 0 saturated heterocycles. The molecule has 0 saturated carbocycles. The zero-order chi connectivity index (χ0) is 10.3. The first-order valence-electron chi connectivity index (χ1n) is 4.77. The van der Waals surface area contributed by atoms with Crippen LogP contribution in [0.25, 0.3) is 0 Å². The quantitative estimate of drug-likeness (QED) is 0.599. The van der Waals surface area contributed by atoms with Crippen molar-refractivity contribution in [3.63, 3.8) is 0 Å². The molecule has 13 heavy (non-hydrogen) atoms. The molecule has 0 aliphatic rings. The number of methoxy groups -OCH3 is 1. The first-order valence-corrected chi connectivity index (χ1v) is 4.77. The van der Waals surface area contributed by atoms with Crippen LogP contribution in [0.3, 0.4) is 0 Å². The SMILES string of the molecule is COCCN(CC(C)=O)CC(C)C. The summed E-state index contributed by atoms with van der Waals surface area (Å²) in [6.07, 6.45) is 0. The minimum Gasteiger partial charge on any atom is -0.383 e. The summed E-state index contributed by atoms with van der Waals surface area (Å²) in [6.45, 7) is 8.97. The van der Waals surface area contributed by atoms with Crippen LogP contribution in [0, 0.1) is 5.92 Å². The van der Waals surface area contributed by atoms with Crippen molar-refractivity contribution in [1.29, 1.82) is 0 Å². The van der Waals surface area contributed by atoms with E-state index in [4.69, 9.17) is 4.74 Å². The van der Waals surface area contributed by atoms with Crippen molar-refractivity contribution in [1.82, 2.24) is 4.90 Å². The largest absolute Gasteiger partial charge is 0.383 e. The molecule has 0 atom stereocenters. The van der Waals surface area contributed by atoms with Crippen molar-refractivity contribution < 1.29 is 9.53 Å². The molecule has 0 radical (unpaired) electrons. The molecule has 0 unspecified atom stereocenters. The van der Waals surface area contributed by atoms with Gasteiger partial charge < -0.3 is 4.74 Å². The normalized spacial score (nSPS) is 11.2. The Morgan fingerprint density at radius 1 is 1.46 bits per heavy atom. The van der Waals surface area contributed by atoms with Crippen molar-refractivity contribution in [2.24, 2.45) is 5.92 Å². The van der Waals surface area contributed by atoms with Gasteiger partial charge in [-0.25, -0.2) is 0 Å². The monoisotopic (exact) mass is 187 g/mol. The van der Waals surface area contributed by atoms with Gasteiger partial charge in [-0.05, 0) is 12.8 Å². The minimum atomic E-state index is 0.219. The van der Waals surface area contributed by atoms with Gasteiger partial charge in [-0.15, -0.1) is 0 Å². The Morgan fingerprint density at radius 2 is 2.08 bits per heavy atom. The average Bonchev–Trinajstić information content (AvgIpc) is 1.98. The molecule has 0 aromatic heterocycles. The van der Waals surface area contributed by atoms with E-state index in [0.29, 0.717) is 19.1 Å². The second-order valence-electron chi connectivity index (χ2n) is 3.82. The van der Waals surface area contributed by atoms with Crippen LogP contribution in [0.5, 0.6) is 0 Å². The highest BCUT2D eigenvalue weighted by atomic mass is 16.5. The average molecular weight is 187 g/mol. The molecule has 0 fully saturated rings. The lowest BCUT2D eigenvalue weighted by molar-refractivity contribution is -0.118. The van der Waals surface area contributed by atoms with E-state index < -0.39 is 0 Å². The fraction of sp³-hybridized carbons (Fsp3) is 0.900. The molecule has 0 aliphatic heterocycles. The molecule has 0 aromatic rings. The molecule has 0 heterocycles. The van der Waals surface area contributed by atoms with Crippen molar-refractivity contribution in [2.45, 2.75) is 20.8 Å². The first-order chi connectivity index (χ1) is 6.06. The second-order valence-corrected chi connectivity index (χ2v) is 3.82. The van der Waals surface area contributed by atoms with Crippen LogP contribution in [0.4, 0.5) is 0 Å². The molecule has 0 bridgehead atoms. The highest BCUT2D eigenvalue weighted by Gasteiger charge is 2.08. The topological polar surface area (TPSA) is 29.5 Å². The Labute approximate surface area is 81.1 Å². The van der Waals surface area contributed by atoms with Crippen LogP contribution in [0.1, 0.15) is 20.8 Å². The van der Waals surface area contributed by atoms with E-state index in [2.05, 4.69) is 18.7 Å². The van der Waals surface area contributed by atoms with Gasteiger partial charge in [0, 0.05) is 20.2 Å². The van der Waals surface area contributed by atoms with E-state index in [1.807, 2.05) is 0 Å². The van der Waals surface area contributed by atoms with Crippen molar-refractivity contribution in [3.8, 4) is 0 Å². The lowest BCUT2D eigenvalue weighted by Gasteiger charge is -2.22. The molecule has 0 spiro atoms. The Balaban J connectivity index is 3.80. The van der Waals surface area contributed by atoms with Gasteiger partial charge in [0.15, 0.2) is 0 Å².